The van der Waals surface area contributed by atoms with Crippen LogP contribution in [0.3, 0.4) is 0 Å². The third-order valence-corrected chi connectivity index (χ3v) is 4.30. The molecule has 0 bridgehead atoms. The van der Waals surface area contributed by atoms with E-state index in [2.05, 4.69) is 64.0 Å². The van der Waals surface area contributed by atoms with E-state index < -0.39 is 0 Å². The van der Waals surface area contributed by atoms with Gasteiger partial charge in [-0.15, -0.1) is 0 Å². The van der Waals surface area contributed by atoms with Crippen LogP contribution in [0, 0.1) is 13.8 Å². The van der Waals surface area contributed by atoms with Crippen molar-refractivity contribution in [3.05, 3.63) is 63.8 Å². The topological polar surface area (TPSA) is 28.1 Å². The van der Waals surface area contributed by atoms with E-state index in [1.807, 2.05) is 24.4 Å². The van der Waals surface area contributed by atoms with Gasteiger partial charge in [0, 0.05) is 32.8 Å². The summed E-state index contributed by atoms with van der Waals surface area (Å²) in [5, 5.41) is 1.21. The monoisotopic (exact) mass is 326 g/mol. The largest absolute Gasteiger partial charge is 0.358 e. The van der Waals surface area contributed by atoms with Crippen LogP contribution in [0.5, 0.6) is 0 Å². The van der Waals surface area contributed by atoms with Crippen molar-refractivity contribution in [2.24, 2.45) is 4.99 Å². The minimum atomic E-state index is 0.951. The zero-order chi connectivity index (χ0) is 14.1. The molecule has 1 aromatic heterocycles. The maximum atomic E-state index is 4.59. The van der Waals surface area contributed by atoms with Gasteiger partial charge in [-0.3, -0.25) is 4.99 Å². The van der Waals surface area contributed by atoms with Crippen molar-refractivity contribution in [1.82, 2.24) is 4.98 Å². The molecule has 1 heterocycles. The maximum absolute atomic E-state index is 4.59. The average Bonchev–Trinajstić information content (AvgIpc) is 2.76. The number of aryl methyl sites for hydroxylation is 2. The van der Waals surface area contributed by atoms with E-state index in [0.717, 1.165) is 26.9 Å². The second-order valence-corrected chi connectivity index (χ2v) is 5.76. The molecular weight excluding hydrogens is 312 g/mol. The number of benzene rings is 2. The molecule has 0 saturated carbocycles. The first-order valence-electron chi connectivity index (χ1n) is 6.52. The third-order valence-electron chi connectivity index (χ3n) is 3.44. The minimum absolute atomic E-state index is 0.951. The minimum Gasteiger partial charge on any atom is -0.358 e. The van der Waals surface area contributed by atoms with Crippen LogP contribution in [0.1, 0.15) is 16.8 Å². The van der Waals surface area contributed by atoms with Crippen LogP contribution in [0.2, 0.25) is 0 Å². The van der Waals surface area contributed by atoms with E-state index in [1.54, 1.807) is 0 Å². The van der Waals surface area contributed by atoms with Gasteiger partial charge in [-0.05, 0) is 37.6 Å². The number of para-hydroxylation sites is 1. The fourth-order valence-electron chi connectivity index (χ4n) is 2.27. The summed E-state index contributed by atoms with van der Waals surface area (Å²) in [6, 6.07) is 14.4. The Bertz CT molecular complexity index is 800. The molecule has 100 valence electrons. The van der Waals surface area contributed by atoms with E-state index in [4.69, 9.17) is 0 Å². The molecule has 0 fully saturated rings. The Morgan fingerprint density at radius 2 is 1.90 bits per heavy atom. The number of aromatic nitrogens is 1. The van der Waals surface area contributed by atoms with E-state index >= 15 is 0 Å². The first kappa shape index (κ1) is 13.1. The molecule has 0 spiro atoms. The van der Waals surface area contributed by atoms with Gasteiger partial charge in [-0.1, -0.05) is 40.2 Å². The Hall–Kier alpha value is -1.87. The highest BCUT2D eigenvalue weighted by atomic mass is 79.9. The average molecular weight is 327 g/mol. The quantitative estimate of drug-likeness (QED) is 0.619. The van der Waals surface area contributed by atoms with Gasteiger partial charge in [0.1, 0.15) is 0 Å². The molecule has 0 atom stereocenters. The number of aromatic amines is 1. The van der Waals surface area contributed by atoms with Crippen molar-refractivity contribution < 1.29 is 0 Å². The van der Waals surface area contributed by atoms with Gasteiger partial charge in [0.05, 0.1) is 5.69 Å². The van der Waals surface area contributed by atoms with Gasteiger partial charge in [0.15, 0.2) is 0 Å². The Kier molecular flexibility index (Phi) is 3.45. The molecular formula is C17H15BrN2. The predicted molar refractivity (Wildman–Crippen MR) is 89.2 cm³/mol. The first-order valence-corrected chi connectivity index (χ1v) is 7.32. The third kappa shape index (κ3) is 2.41. The molecule has 1 N–H and O–H groups in total. The van der Waals surface area contributed by atoms with Crippen molar-refractivity contribution in [2.75, 3.05) is 0 Å². The summed E-state index contributed by atoms with van der Waals surface area (Å²) in [5.74, 6) is 0. The molecule has 0 saturated heterocycles. The van der Waals surface area contributed by atoms with E-state index in [0.29, 0.717) is 0 Å². The first-order chi connectivity index (χ1) is 9.65. The van der Waals surface area contributed by atoms with E-state index in [9.17, 15) is 0 Å². The summed E-state index contributed by atoms with van der Waals surface area (Å²) in [4.78, 5) is 7.97. The number of H-pyrrole nitrogens is 1. The van der Waals surface area contributed by atoms with E-state index in [-0.39, 0.29) is 0 Å². The van der Waals surface area contributed by atoms with Crippen LogP contribution in [0.4, 0.5) is 5.69 Å². The highest BCUT2D eigenvalue weighted by Crippen LogP contribution is 2.24. The number of hydrogen-bond donors (Lipinski definition) is 1. The summed E-state index contributed by atoms with van der Waals surface area (Å²) in [7, 11) is 0. The summed E-state index contributed by atoms with van der Waals surface area (Å²) in [6.45, 7) is 4.15. The highest BCUT2D eigenvalue weighted by molar-refractivity contribution is 9.10. The molecule has 3 aromatic rings. The van der Waals surface area contributed by atoms with Gasteiger partial charge >= 0.3 is 0 Å². The molecule has 0 amide bonds. The number of fused-ring (bicyclic) bond motifs is 1. The zero-order valence-electron chi connectivity index (χ0n) is 11.4. The Balaban J connectivity index is 2.02. The lowest BCUT2D eigenvalue weighted by Crippen LogP contribution is -1.82. The smallest absolute Gasteiger partial charge is 0.0641 e. The summed E-state index contributed by atoms with van der Waals surface area (Å²) >= 11 is 3.54. The standard InChI is InChI=1S/C17H15BrN2/c1-11-7-8-13(9-16(11)18)19-10-15-12(2)20-17-6-4-3-5-14(15)17/h3-10,20H,1-2H3. The lowest BCUT2D eigenvalue weighted by Gasteiger charge is -1.99. The second kappa shape index (κ2) is 5.25. The maximum Gasteiger partial charge on any atom is 0.0641 e. The molecule has 0 aliphatic heterocycles. The van der Waals surface area contributed by atoms with Gasteiger partial charge in [-0.2, -0.15) is 0 Å². The molecule has 0 radical (unpaired) electrons. The number of aliphatic imine (C=N–C) groups is 1. The molecule has 0 aliphatic rings. The molecule has 0 unspecified atom stereocenters. The van der Waals surface area contributed by atoms with Crippen molar-refractivity contribution in [2.45, 2.75) is 13.8 Å². The molecule has 20 heavy (non-hydrogen) atoms. The lowest BCUT2D eigenvalue weighted by atomic mass is 10.1. The fourth-order valence-corrected chi connectivity index (χ4v) is 2.63. The Morgan fingerprint density at radius 3 is 2.70 bits per heavy atom. The number of hydrogen-bond acceptors (Lipinski definition) is 1. The SMILES string of the molecule is Cc1ccc(N=Cc2c(C)[nH]c3ccccc23)cc1Br. The highest BCUT2D eigenvalue weighted by Gasteiger charge is 2.05. The van der Waals surface area contributed by atoms with Crippen molar-refractivity contribution in [3.63, 3.8) is 0 Å². The van der Waals surface area contributed by atoms with Crippen LogP contribution < -0.4 is 0 Å². The summed E-state index contributed by atoms with van der Waals surface area (Å²) < 4.78 is 1.09. The van der Waals surface area contributed by atoms with Crippen molar-refractivity contribution in [1.29, 1.82) is 0 Å². The van der Waals surface area contributed by atoms with Crippen LogP contribution in [-0.4, -0.2) is 11.2 Å². The number of rotatable bonds is 2. The van der Waals surface area contributed by atoms with Gasteiger partial charge in [0.2, 0.25) is 0 Å². The number of nitrogens with one attached hydrogen (secondary N) is 1. The number of nitrogens with zero attached hydrogens (tertiary/aromatic N) is 1. The van der Waals surface area contributed by atoms with Crippen LogP contribution >= 0.6 is 15.9 Å². The molecule has 2 aromatic carbocycles. The summed E-state index contributed by atoms with van der Waals surface area (Å²) in [5.41, 5.74) is 5.61. The van der Waals surface area contributed by atoms with E-state index in [1.165, 1.54) is 10.9 Å². The Labute approximate surface area is 126 Å². The molecule has 2 nitrogen and oxygen atoms in total. The van der Waals surface area contributed by atoms with Crippen LogP contribution in [0.15, 0.2) is 51.9 Å². The summed E-state index contributed by atoms with van der Waals surface area (Å²) in [6.07, 6.45) is 1.94. The molecule has 3 rings (SSSR count). The fraction of sp³-hybridized carbons (Fsp3) is 0.118. The lowest BCUT2D eigenvalue weighted by molar-refractivity contribution is 1.29. The normalized spacial score (nSPS) is 11.6. The second-order valence-electron chi connectivity index (χ2n) is 4.90. The molecule has 3 heteroatoms. The van der Waals surface area contributed by atoms with Gasteiger partial charge < -0.3 is 4.98 Å². The predicted octanol–water partition coefficient (Wildman–Crippen LogP) is 5.30. The van der Waals surface area contributed by atoms with Gasteiger partial charge in [0.25, 0.3) is 0 Å². The van der Waals surface area contributed by atoms with Crippen molar-refractivity contribution in [3.8, 4) is 0 Å². The van der Waals surface area contributed by atoms with Crippen LogP contribution in [-0.2, 0) is 0 Å². The van der Waals surface area contributed by atoms with Crippen molar-refractivity contribution >= 4 is 38.7 Å². The van der Waals surface area contributed by atoms with Crippen LogP contribution in [0.25, 0.3) is 10.9 Å². The Morgan fingerprint density at radius 1 is 1.10 bits per heavy atom. The van der Waals surface area contributed by atoms with Gasteiger partial charge in [-0.25, -0.2) is 0 Å². The zero-order valence-corrected chi connectivity index (χ0v) is 13.0. The molecule has 0 aliphatic carbocycles. The number of halogens is 1.